The molecule has 1 heterocycles. The molecular weight excluding hydrogens is 372 g/mol. The molecule has 2 rings (SSSR count). The lowest BCUT2D eigenvalue weighted by molar-refractivity contribution is 0.319. The largest absolute Gasteiger partial charge is 0.312 e. The van der Waals surface area contributed by atoms with Gasteiger partial charge in [-0.2, -0.15) is 11.3 Å². The first-order valence-electron chi connectivity index (χ1n) is 10.4. The van der Waals surface area contributed by atoms with Gasteiger partial charge >= 0.3 is 0 Å². The van der Waals surface area contributed by atoms with Crippen molar-refractivity contribution in [2.45, 2.75) is 27.7 Å². The van der Waals surface area contributed by atoms with Crippen LogP contribution >= 0.6 is 11.3 Å². The molecular formula is C26H34N2S. The van der Waals surface area contributed by atoms with Crippen LogP contribution in [0.2, 0.25) is 0 Å². The molecule has 2 aromatic rings. The average Bonchev–Trinajstić information content (AvgIpc) is 3.23. The molecule has 3 heteroatoms. The lowest BCUT2D eigenvalue weighted by Crippen LogP contribution is -2.32. The van der Waals surface area contributed by atoms with E-state index in [1.54, 1.807) is 11.3 Å². The summed E-state index contributed by atoms with van der Waals surface area (Å²) in [6, 6.07) is 10.9. The van der Waals surface area contributed by atoms with Crippen LogP contribution in [0.5, 0.6) is 0 Å². The summed E-state index contributed by atoms with van der Waals surface area (Å²) in [6.45, 7) is 13.5. The van der Waals surface area contributed by atoms with Gasteiger partial charge in [-0.05, 0) is 73.0 Å². The number of allylic oxidation sites excluding steroid dienone is 1. The average molecular weight is 407 g/mol. The summed E-state index contributed by atoms with van der Waals surface area (Å²) in [5.41, 5.74) is 3.88. The number of hydrogen-bond acceptors (Lipinski definition) is 3. The van der Waals surface area contributed by atoms with Crippen LogP contribution in [0.1, 0.15) is 33.3 Å². The number of likely N-dealkylation sites (N-methyl/N-ethyl adjacent to an activating group) is 1. The zero-order valence-electron chi connectivity index (χ0n) is 18.2. The normalized spacial score (nSPS) is 12.0. The Kier molecular flexibility index (Phi) is 9.94. The Morgan fingerprint density at radius 2 is 2.00 bits per heavy atom. The molecule has 0 aliphatic rings. The van der Waals surface area contributed by atoms with E-state index in [9.17, 15) is 0 Å². The van der Waals surface area contributed by atoms with Crippen LogP contribution in [-0.2, 0) is 0 Å². The molecule has 0 amide bonds. The maximum Gasteiger partial charge on any atom is 0.0233 e. The Morgan fingerprint density at radius 3 is 2.72 bits per heavy atom. The highest BCUT2D eigenvalue weighted by molar-refractivity contribution is 7.08. The third-order valence-electron chi connectivity index (χ3n) is 4.38. The summed E-state index contributed by atoms with van der Waals surface area (Å²) in [4.78, 5) is 2.41. The van der Waals surface area contributed by atoms with E-state index in [0.29, 0.717) is 0 Å². The van der Waals surface area contributed by atoms with Crippen molar-refractivity contribution in [3.63, 3.8) is 0 Å². The van der Waals surface area contributed by atoms with Gasteiger partial charge < -0.3 is 5.32 Å². The highest BCUT2D eigenvalue weighted by Crippen LogP contribution is 2.23. The van der Waals surface area contributed by atoms with E-state index in [1.165, 1.54) is 16.7 Å². The van der Waals surface area contributed by atoms with Crippen molar-refractivity contribution in [3.05, 3.63) is 64.9 Å². The van der Waals surface area contributed by atoms with Crippen LogP contribution < -0.4 is 5.32 Å². The van der Waals surface area contributed by atoms with Gasteiger partial charge in [0.05, 0.1) is 0 Å². The van der Waals surface area contributed by atoms with Crippen LogP contribution in [0.25, 0.3) is 17.2 Å². The van der Waals surface area contributed by atoms with Gasteiger partial charge in [-0.1, -0.05) is 55.2 Å². The molecule has 0 aliphatic heterocycles. The second-order valence-corrected chi connectivity index (χ2v) is 8.84. The van der Waals surface area contributed by atoms with Gasteiger partial charge in [0.25, 0.3) is 0 Å². The molecule has 154 valence electrons. The first kappa shape index (κ1) is 23.2. The van der Waals surface area contributed by atoms with Gasteiger partial charge in [-0.25, -0.2) is 0 Å². The molecule has 29 heavy (non-hydrogen) atoms. The lowest BCUT2D eigenvalue weighted by Gasteiger charge is -2.18. The Labute approximate surface area is 181 Å². The summed E-state index contributed by atoms with van der Waals surface area (Å²) in [5, 5.41) is 7.82. The summed E-state index contributed by atoms with van der Waals surface area (Å²) in [5.74, 6) is 6.37. The van der Waals surface area contributed by atoms with Crippen molar-refractivity contribution in [2.75, 3.05) is 32.7 Å². The van der Waals surface area contributed by atoms with Gasteiger partial charge in [-0.3, -0.25) is 4.90 Å². The Morgan fingerprint density at radius 1 is 1.14 bits per heavy atom. The third kappa shape index (κ3) is 9.76. The summed E-state index contributed by atoms with van der Waals surface area (Å²) in [6.07, 6.45) is 8.53. The second kappa shape index (κ2) is 12.4. The highest BCUT2D eigenvalue weighted by Gasteiger charge is 2.02. The molecule has 0 fully saturated rings. The standard InChI is InChI=1S/C26H34N2S/c1-5-28(18-8-6-7-15-26(2,3)4)19-17-27-16-10-12-23-11-9-13-24(21-23)25-14-20-29-22-25/h6,8-14,20-22,27H,5,16-19H2,1-4H3. The number of rotatable bonds is 10. The van der Waals surface area contributed by atoms with E-state index in [-0.39, 0.29) is 5.41 Å². The van der Waals surface area contributed by atoms with Crippen molar-refractivity contribution in [1.29, 1.82) is 0 Å². The quantitative estimate of drug-likeness (QED) is 0.388. The Hall–Kier alpha value is -2.12. The molecule has 0 bridgehead atoms. The van der Waals surface area contributed by atoms with E-state index < -0.39 is 0 Å². The Bertz CT molecular complexity index is 830. The number of hydrogen-bond donors (Lipinski definition) is 1. The van der Waals surface area contributed by atoms with Gasteiger partial charge in [0, 0.05) is 31.6 Å². The highest BCUT2D eigenvalue weighted by atomic mass is 32.1. The first-order chi connectivity index (χ1) is 14.0. The summed E-state index contributed by atoms with van der Waals surface area (Å²) >= 11 is 1.74. The minimum absolute atomic E-state index is 0.0669. The number of benzene rings is 1. The maximum atomic E-state index is 3.51. The summed E-state index contributed by atoms with van der Waals surface area (Å²) in [7, 11) is 0. The molecule has 1 aromatic heterocycles. The van der Waals surface area contributed by atoms with Gasteiger partial charge in [0.2, 0.25) is 0 Å². The van der Waals surface area contributed by atoms with Crippen LogP contribution in [0, 0.1) is 17.3 Å². The molecule has 0 spiro atoms. The van der Waals surface area contributed by atoms with Gasteiger partial charge in [0.1, 0.15) is 0 Å². The van der Waals surface area contributed by atoms with Crippen molar-refractivity contribution >= 4 is 17.4 Å². The van der Waals surface area contributed by atoms with E-state index in [2.05, 4.69) is 109 Å². The van der Waals surface area contributed by atoms with Gasteiger partial charge in [-0.15, -0.1) is 0 Å². The minimum atomic E-state index is 0.0669. The second-order valence-electron chi connectivity index (χ2n) is 8.06. The lowest BCUT2D eigenvalue weighted by atomic mass is 9.98. The monoisotopic (exact) mass is 406 g/mol. The van der Waals surface area contributed by atoms with Crippen LogP contribution in [0.15, 0.2) is 59.3 Å². The predicted molar refractivity (Wildman–Crippen MR) is 130 cm³/mol. The zero-order valence-corrected chi connectivity index (χ0v) is 19.1. The Balaban J connectivity index is 1.68. The van der Waals surface area contributed by atoms with Crippen molar-refractivity contribution in [2.24, 2.45) is 5.41 Å². The number of thiophene rings is 1. The molecule has 0 aliphatic carbocycles. The molecule has 0 saturated heterocycles. The fourth-order valence-corrected chi connectivity index (χ4v) is 3.43. The van der Waals surface area contributed by atoms with Crippen molar-refractivity contribution in [1.82, 2.24) is 10.2 Å². The smallest absolute Gasteiger partial charge is 0.0233 e. The maximum absolute atomic E-state index is 3.51. The first-order valence-corrected chi connectivity index (χ1v) is 11.3. The molecule has 0 atom stereocenters. The van der Waals surface area contributed by atoms with E-state index in [4.69, 9.17) is 0 Å². The third-order valence-corrected chi connectivity index (χ3v) is 5.06. The van der Waals surface area contributed by atoms with Crippen molar-refractivity contribution in [3.8, 4) is 23.0 Å². The SMILES string of the molecule is CCN(CC=CC#CC(C)(C)C)CCNCC=Cc1cccc(-c2ccsc2)c1. The summed E-state index contributed by atoms with van der Waals surface area (Å²) < 4.78 is 0. The minimum Gasteiger partial charge on any atom is -0.312 e. The van der Waals surface area contributed by atoms with Gasteiger partial charge in [0.15, 0.2) is 0 Å². The van der Waals surface area contributed by atoms with E-state index >= 15 is 0 Å². The predicted octanol–water partition coefficient (Wildman–Crippen LogP) is 5.95. The number of nitrogens with zero attached hydrogens (tertiary/aromatic N) is 1. The fourth-order valence-electron chi connectivity index (χ4n) is 2.77. The van der Waals surface area contributed by atoms with Crippen LogP contribution in [0.3, 0.4) is 0 Å². The molecule has 2 nitrogen and oxygen atoms in total. The molecule has 0 radical (unpaired) electrons. The molecule has 0 unspecified atom stereocenters. The molecule has 0 saturated carbocycles. The topological polar surface area (TPSA) is 15.3 Å². The van der Waals surface area contributed by atoms with Crippen LogP contribution in [-0.4, -0.2) is 37.6 Å². The number of nitrogens with one attached hydrogen (secondary N) is 1. The van der Waals surface area contributed by atoms with Crippen molar-refractivity contribution < 1.29 is 0 Å². The fraction of sp³-hybridized carbons (Fsp3) is 0.385. The van der Waals surface area contributed by atoms with Crippen LogP contribution in [0.4, 0.5) is 0 Å². The zero-order chi connectivity index (χ0) is 21.0. The molecule has 1 aromatic carbocycles. The van der Waals surface area contributed by atoms with E-state index in [0.717, 1.165) is 32.7 Å². The molecule has 1 N–H and O–H groups in total. The van der Waals surface area contributed by atoms with E-state index in [1.807, 2.05) is 6.08 Å².